The fourth-order valence-corrected chi connectivity index (χ4v) is 1.05. The number of amides is 2. The van der Waals surface area contributed by atoms with Crippen molar-refractivity contribution in [3.05, 3.63) is 23.2 Å². The molecule has 0 spiro atoms. The molecule has 1 aromatic carbocycles. The predicted octanol–water partition coefficient (Wildman–Crippen LogP) is 1.67. The van der Waals surface area contributed by atoms with Gasteiger partial charge in [0.15, 0.2) is 0 Å². The SMILES string of the molecule is CNC(=O)Nc1ccc(N)cc1Cl. The molecule has 0 atom stereocenters. The number of carbonyl (C=O) groups excluding carboxylic acids is 1. The zero-order valence-corrected chi connectivity index (χ0v) is 7.85. The number of nitrogens with two attached hydrogens (primary N) is 1. The van der Waals surface area contributed by atoms with Crippen LogP contribution in [0.4, 0.5) is 16.2 Å². The van der Waals surface area contributed by atoms with Gasteiger partial charge >= 0.3 is 6.03 Å². The number of hydrogen-bond acceptors (Lipinski definition) is 2. The minimum Gasteiger partial charge on any atom is -0.399 e. The maximum atomic E-state index is 10.9. The second-order valence-corrected chi connectivity index (χ2v) is 2.85. The number of nitrogens with one attached hydrogen (secondary N) is 2. The molecule has 0 unspecified atom stereocenters. The lowest BCUT2D eigenvalue weighted by Crippen LogP contribution is -2.24. The molecule has 4 N–H and O–H groups in total. The third-order valence-corrected chi connectivity index (χ3v) is 1.78. The average molecular weight is 200 g/mol. The predicted molar refractivity (Wildman–Crippen MR) is 53.9 cm³/mol. The van der Waals surface area contributed by atoms with Crippen LogP contribution < -0.4 is 16.4 Å². The summed E-state index contributed by atoms with van der Waals surface area (Å²) in [6.07, 6.45) is 0. The summed E-state index contributed by atoms with van der Waals surface area (Å²) < 4.78 is 0. The number of anilines is 2. The quantitative estimate of drug-likeness (QED) is 0.603. The molecule has 0 saturated carbocycles. The lowest BCUT2D eigenvalue weighted by molar-refractivity contribution is 0.254. The minimum atomic E-state index is -0.313. The topological polar surface area (TPSA) is 67.2 Å². The van der Waals surface area contributed by atoms with Crippen LogP contribution in [0.5, 0.6) is 0 Å². The molecule has 0 heterocycles. The summed E-state index contributed by atoms with van der Waals surface area (Å²) in [4.78, 5) is 10.9. The van der Waals surface area contributed by atoms with Crippen molar-refractivity contribution in [2.24, 2.45) is 0 Å². The molecule has 0 fully saturated rings. The summed E-state index contributed by atoms with van der Waals surface area (Å²) in [5.41, 5.74) is 6.58. The lowest BCUT2D eigenvalue weighted by Gasteiger charge is -2.06. The molecule has 0 saturated heterocycles. The fraction of sp³-hybridized carbons (Fsp3) is 0.125. The molecule has 0 aliphatic carbocycles. The molecule has 0 bridgehead atoms. The fourth-order valence-electron chi connectivity index (χ4n) is 0.818. The van der Waals surface area contributed by atoms with Crippen LogP contribution in [0.15, 0.2) is 18.2 Å². The van der Waals surface area contributed by atoms with Crippen molar-refractivity contribution in [1.29, 1.82) is 0 Å². The number of halogens is 1. The van der Waals surface area contributed by atoms with Gasteiger partial charge in [0.2, 0.25) is 0 Å². The Morgan fingerprint density at radius 2 is 2.23 bits per heavy atom. The van der Waals surface area contributed by atoms with E-state index in [9.17, 15) is 4.79 Å². The summed E-state index contributed by atoms with van der Waals surface area (Å²) in [5.74, 6) is 0. The van der Waals surface area contributed by atoms with E-state index in [0.717, 1.165) is 0 Å². The Balaban J connectivity index is 2.83. The van der Waals surface area contributed by atoms with Crippen LogP contribution in [0.1, 0.15) is 0 Å². The highest BCUT2D eigenvalue weighted by Gasteiger charge is 2.02. The van der Waals surface area contributed by atoms with Crippen LogP contribution in [-0.2, 0) is 0 Å². The third-order valence-electron chi connectivity index (χ3n) is 1.47. The summed E-state index contributed by atoms with van der Waals surface area (Å²) >= 11 is 5.81. The largest absolute Gasteiger partial charge is 0.399 e. The standard InChI is InChI=1S/C8H10ClN3O/c1-11-8(13)12-7-3-2-5(10)4-6(7)9/h2-4H,10H2,1H3,(H2,11,12,13). The van der Waals surface area contributed by atoms with E-state index in [0.29, 0.717) is 16.4 Å². The maximum Gasteiger partial charge on any atom is 0.319 e. The molecule has 0 aromatic heterocycles. The van der Waals surface area contributed by atoms with E-state index in [1.807, 2.05) is 0 Å². The molecule has 0 aliphatic heterocycles. The van der Waals surface area contributed by atoms with E-state index in [4.69, 9.17) is 17.3 Å². The molecular weight excluding hydrogens is 190 g/mol. The van der Waals surface area contributed by atoms with E-state index in [1.54, 1.807) is 18.2 Å². The zero-order valence-electron chi connectivity index (χ0n) is 7.10. The average Bonchev–Trinajstić information content (AvgIpc) is 2.09. The first kappa shape index (κ1) is 9.67. The Morgan fingerprint density at radius 3 is 2.77 bits per heavy atom. The van der Waals surface area contributed by atoms with Crippen LogP contribution >= 0.6 is 11.6 Å². The van der Waals surface area contributed by atoms with Gasteiger partial charge in [0.1, 0.15) is 0 Å². The van der Waals surface area contributed by atoms with E-state index in [1.165, 1.54) is 7.05 Å². The van der Waals surface area contributed by atoms with Gasteiger partial charge in [-0.05, 0) is 18.2 Å². The van der Waals surface area contributed by atoms with E-state index in [-0.39, 0.29) is 6.03 Å². The molecule has 0 aliphatic rings. The van der Waals surface area contributed by atoms with Crippen LogP contribution in [0.2, 0.25) is 5.02 Å². The molecule has 70 valence electrons. The Morgan fingerprint density at radius 1 is 1.54 bits per heavy atom. The van der Waals surface area contributed by atoms with Crippen LogP contribution in [0.3, 0.4) is 0 Å². The normalized spacial score (nSPS) is 9.38. The van der Waals surface area contributed by atoms with Gasteiger partial charge in [-0.15, -0.1) is 0 Å². The highest BCUT2D eigenvalue weighted by Crippen LogP contribution is 2.23. The second kappa shape index (κ2) is 4.00. The van der Waals surface area contributed by atoms with Crippen molar-refractivity contribution in [3.8, 4) is 0 Å². The van der Waals surface area contributed by atoms with E-state index >= 15 is 0 Å². The van der Waals surface area contributed by atoms with E-state index < -0.39 is 0 Å². The first-order valence-electron chi connectivity index (χ1n) is 3.67. The number of hydrogen-bond donors (Lipinski definition) is 3. The highest BCUT2D eigenvalue weighted by molar-refractivity contribution is 6.34. The molecule has 5 heteroatoms. The Kier molecular flexibility index (Phi) is 2.97. The number of rotatable bonds is 1. The smallest absolute Gasteiger partial charge is 0.319 e. The second-order valence-electron chi connectivity index (χ2n) is 2.44. The van der Waals surface area contributed by atoms with Crippen molar-refractivity contribution >= 4 is 29.0 Å². The molecule has 13 heavy (non-hydrogen) atoms. The van der Waals surface area contributed by atoms with Gasteiger partial charge in [0, 0.05) is 12.7 Å². The van der Waals surface area contributed by atoms with Crippen LogP contribution in [0, 0.1) is 0 Å². The first-order chi connectivity index (χ1) is 6.13. The van der Waals surface area contributed by atoms with Gasteiger partial charge in [-0.1, -0.05) is 11.6 Å². The summed E-state index contributed by atoms with van der Waals surface area (Å²) in [6, 6.07) is 4.57. The molecule has 0 radical (unpaired) electrons. The van der Waals surface area contributed by atoms with Crippen molar-refractivity contribution in [2.45, 2.75) is 0 Å². The van der Waals surface area contributed by atoms with Gasteiger partial charge in [-0.3, -0.25) is 0 Å². The molecule has 1 rings (SSSR count). The van der Waals surface area contributed by atoms with Crippen molar-refractivity contribution in [3.63, 3.8) is 0 Å². The van der Waals surface area contributed by atoms with E-state index in [2.05, 4.69) is 10.6 Å². The minimum absolute atomic E-state index is 0.313. The van der Waals surface area contributed by atoms with Crippen molar-refractivity contribution in [1.82, 2.24) is 5.32 Å². The highest BCUT2D eigenvalue weighted by atomic mass is 35.5. The molecule has 4 nitrogen and oxygen atoms in total. The van der Waals surface area contributed by atoms with Crippen LogP contribution in [-0.4, -0.2) is 13.1 Å². The Bertz CT molecular complexity index is 327. The number of benzene rings is 1. The van der Waals surface area contributed by atoms with Gasteiger partial charge in [-0.2, -0.15) is 0 Å². The van der Waals surface area contributed by atoms with Gasteiger partial charge < -0.3 is 16.4 Å². The first-order valence-corrected chi connectivity index (χ1v) is 4.05. The monoisotopic (exact) mass is 199 g/mol. The van der Waals surface area contributed by atoms with Crippen molar-refractivity contribution < 1.29 is 4.79 Å². The summed E-state index contributed by atoms with van der Waals surface area (Å²) in [6.45, 7) is 0. The van der Waals surface area contributed by atoms with Crippen molar-refractivity contribution in [2.75, 3.05) is 18.1 Å². The van der Waals surface area contributed by atoms with Gasteiger partial charge in [0.25, 0.3) is 0 Å². The molecule has 2 amide bonds. The third kappa shape index (κ3) is 2.52. The number of urea groups is 1. The van der Waals surface area contributed by atoms with Gasteiger partial charge in [0.05, 0.1) is 10.7 Å². The lowest BCUT2D eigenvalue weighted by atomic mass is 10.3. The maximum absolute atomic E-state index is 10.9. The Hall–Kier alpha value is -1.42. The number of carbonyl (C=O) groups is 1. The number of nitrogen functional groups attached to an aromatic ring is 1. The van der Waals surface area contributed by atoms with Crippen LogP contribution in [0.25, 0.3) is 0 Å². The summed E-state index contributed by atoms with van der Waals surface area (Å²) in [5, 5.41) is 5.38. The molecular formula is C8H10ClN3O. The van der Waals surface area contributed by atoms with Gasteiger partial charge in [-0.25, -0.2) is 4.79 Å². The summed E-state index contributed by atoms with van der Waals surface area (Å²) in [7, 11) is 1.53. The molecule has 1 aromatic rings. The zero-order chi connectivity index (χ0) is 9.84. The Labute approximate surface area is 81.1 Å².